The monoisotopic (exact) mass is 396 g/mol. The van der Waals surface area contributed by atoms with E-state index in [2.05, 4.69) is 20.5 Å². The number of likely N-dealkylation sites (tertiary alicyclic amines) is 1. The van der Waals surface area contributed by atoms with Gasteiger partial charge in [-0.3, -0.25) is 4.99 Å². The maximum atomic E-state index is 11.9. The Morgan fingerprint density at radius 1 is 1.37 bits per heavy atom. The zero-order valence-corrected chi connectivity index (χ0v) is 17.2. The fourth-order valence-electron chi connectivity index (χ4n) is 2.76. The molecule has 150 valence electrons. The summed E-state index contributed by atoms with van der Waals surface area (Å²) in [5.41, 5.74) is -0.498. The minimum atomic E-state index is -0.498. The van der Waals surface area contributed by atoms with Crippen LogP contribution in [0.2, 0.25) is 5.02 Å². The van der Waals surface area contributed by atoms with Crippen LogP contribution in [0.1, 0.15) is 27.2 Å². The third-order valence-electron chi connectivity index (χ3n) is 3.90. The second-order valence-corrected chi connectivity index (χ2v) is 7.74. The molecule has 0 spiro atoms. The Bertz CT molecular complexity index is 661. The number of benzene rings is 1. The van der Waals surface area contributed by atoms with Gasteiger partial charge in [-0.05, 0) is 39.3 Å². The van der Waals surface area contributed by atoms with Gasteiger partial charge in [-0.25, -0.2) is 4.79 Å². The highest BCUT2D eigenvalue weighted by Gasteiger charge is 2.27. The minimum absolute atomic E-state index is 0.0396. The lowest BCUT2D eigenvalue weighted by molar-refractivity contribution is 0.0507. The molecule has 0 aliphatic carbocycles. The van der Waals surface area contributed by atoms with Crippen LogP contribution < -0.4 is 15.4 Å². The van der Waals surface area contributed by atoms with Gasteiger partial charge in [0.2, 0.25) is 0 Å². The van der Waals surface area contributed by atoms with Crippen LogP contribution in [-0.4, -0.2) is 61.9 Å². The van der Waals surface area contributed by atoms with Gasteiger partial charge in [-0.2, -0.15) is 0 Å². The largest absolute Gasteiger partial charge is 0.490 e. The summed E-state index contributed by atoms with van der Waals surface area (Å²) in [5, 5.41) is 6.79. The highest BCUT2D eigenvalue weighted by atomic mass is 35.5. The van der Waals surface area contributed by atoms with E-state index in [9.17, 15) is 4.79 Å². The first-order valence-corrected chi connectivity index (χ1v) is 9.49. The fourth-order valence-corrected chi connectivity index (χ4v) is 2.95. The molecule has 1 heterocycles. The summed E-state index contributed by atoms with van der Waals surface area (Å²) < 4.78 is 11.0. The highest BCUT2D eigenvalue weighted by Crippen LogP contribution is 2.22. The highest BCUT2D eigenvalue weighted by molar-refractivity contribution is 6.32. The Kier molecular flexibility index (Phi) is 7.59. The SMILES string of the molecule is CN=C(NCCOc1ccccc1Cl)N1CC[C@@H](NC(=O)OC(C)(C)C)C1. The Labute approximate surface area is 166 Å². The van der Waals surface area contributed by atoms with Crippen LogP contribution in [-0.2, 0) is 4.74 Å². The Morgan fingerprint density at radius 3 is 2.78 bits per heavy atom. The molecule has 1 saturated heterocycles. The van der Waals surface area contributed by atoms with E-state index in [0.29, 0.717) is 30.5 Å². The molecule has 2 N–H and O–H groups in total. The molecule has 1 amide bonds. The third kappa shape index (κ3) is 7.17. The van der Waals surface area contributed by atoms with Gasteiger partial charge in [-0.1, -0.05) is 23.7 Å². The molecule has 1 aliphatic heterocycles. The van der Waals surface area contributed by atoms with E-state index in [1.165, 1.54) is 0 Å². The predicted molar refractivity (Wildman–Crippen MR) is 108 cm³/mol. The molecule has 1 fully saturated rings. The van der Waals surface area contributed by atoms with Crippen LogP contribution in [0.4, 0.5) is 4.79 Å². The molecule has 0 unspecified atom stereocenters. The average Bonchev–Trinajstić information content (AvgIpc) is 3.02. The zero-order chi connectivity index (χ0) is 19.9. The first kappa shape index (κ1) is 21.2. The van der Waals surface area contributed by atoms with Crippen molar-refractivity contribution in [3.8, 4) is 5.75 Å². The summed E-state index contributed by atoms with van der Waals surface area (Å²) in [4.78, 5) is 18.3. The number of hydrogen-bond donors (Lipinski definition) is 2. The summed E-state index contributed by atoms with van der Waals surface area (Å²) >= 11 is 6.07. The van der Waals surface area contributed by atoms with Crippen molar-refractivity contribution in [1.29, 1.82) is 0 Å². The smallest absolute Gasteiger partial charge is 0.407 e. The number of ether oxygens (including phenoxy) is 2. The number of aliphatic imine (C=N–C) groups is 1. The first-order chi connectivity index (χ1) is 12.8. The second kappa shape index (κ2) is 9.69. The lowest BCUT2D eigenvalue weighted by Crippen LogP contribution is -2.44. The van der Waals surface area contributed by atoms with Crippen molar-refractivity contribution in [2.75, 3.05) is 33.3 Å². The van der Waals surface area contributed by atoms with E-state index in [0.717, 1.165) is 18.9 Å². The molecule has 0 bridgehead atoms. The number of halogens is 1. The number of rotatable bonds is 5. The molecule has 27 heavy (non-hydrogen) atoms. The van der Waals surface area contributed by atoms with Gasteiger partial charge in [0.15, 0.2) is 5.96 Å². The summed E-state index contributed by atoms with van der Waals surface area (Å²) in [6.07, 6.45) is 0.459. The molecule has 1 aromatic carbocycles. The molecule has 0 radical (unpaired) electrons. The van der Waals surface area contributed by atoms with Gasteiger partial charge in [0.25, 0.3) is 0 Å². The molecule has 2 rings (SSSR count). The number of guanidine groups is 1. The number of para-hydroxylation sites is 1. The van der Waals surface area contributed by atoms with Crippen LogP contribution >= 0.6 is 11.6 Å². The molecule has 8 heteroatoms. The predicted octanol–water partition coefficient (Wildman–Crippen LogP) is 2.89. The van der Waals surface area contributed by atoms with E-state index in [-0.39, 0.29) is 12.1 Å². The number of alkyl carbamates (subject to hydrolysis) is 1. The Morgan fingerprint density at radius 2 is 2.11 bits per heavy atom. The van der Waals surface area contributed by atoms with Gasteiger partial charge in [0, 0.05) is 20.1 Å². The van der Waals surface area contributed by atoms with Crippen molar-refractivity contribution in [2.45, 2.75) is 38.8 Å². The molecular weight excluding hydrogens is 368 g/mol. The third-order valence-corrected chi connectivity index (χ3v) is 4.21. The van der Waals surface area contributed by atoms with Crippen molar-refractivity contribution in [3.63, 3.8) is 0 Å². The number of nitrogens with one attached hydrogen (secondary N) is 2. The Hall–Kier alpha value is -2.15. The summed E-state index contributed by atoms with van der Waals surface area (Å²) in [5.74, 6) is 1.45. The standard InChI is InChI=1S/C19H29ClN4O3/c1-19(2,3)27-18(25)23-14-9-11-24(13-14)17(21-4)22-10-12-26-16-8-6-5-7-15(16)20/h5-8,14H,9-13H2,1-4H3,(H,21,22)(H,23,25)/t14-/m1/s1. The van der Waals surface area contributed by atoms with Gasteiger partial charge < -0.3 is 25.0 Å². The zero-order valence-electron chi connectivity index (χ0n) is 16.4. The van der Waals surface area contributed by atoms with Crippen LogP contribution in [0.15, 0.2) is 29.3 Å². The normalized spacial score (nSPS) is 17.6. The van der Waals surface area contributed by atoms with Crippen molar-refractivity contribution in [3.05, 3.63) is 29.3 Å². The van der Waals surface area contributed by atoms with E-state index in [1.54, 1.807) is 13.1 Å². The van der Waals surface area contributed by atoms with E-state index < -0.39 is 5.60 Å². The molecule has 1 atom stereocenters. The summed E-state index contributed by atoms with van der Waals surface area (Å²) in [6.45, 7) is 8.11. The van der Waals surface area contributed by atoms with Crippen molar-refractivity contribution >= 4 is 23.7 Å². The number of amides is 1. The van der Waals surface area contributed by atoms with Crippen molar-refractivity contribution in [2.24, 2.45) is 4.99 Å². The van der Waals surface area contributed by atoms with Crippen LogP contribution in [0.5, 0.6) is 5.75 Å². The molecular formula is C19H29ClN4O3. The number of hydrogen-bond acceptors (Lipinski definition) is 4. The van der Waals surface area contributed by atoms with Crippen molar-refractivity contribution in [1.82, 2.24) is 15.5 Å². The second-order valence-electron chi connectivity index (χ2n) is 7.33. The summed E-state index contributed by atoms with van der Waals surface area (Å²) in [6, 6.07) is 7.42. The topological polar surface area (TPSA) is 75.2 Å². The lowest BCUT2D eigenvalue weighted by atomic mass is 10.2. The van der Waals surface area contributed by atoms with E-state index >= 15 is 0 Å². The number of carbonyl (C=O) groups is 1. The van der Waals surface area contributed by atoms with Crippen LogP contribution in [0.3, 0.4) is 0 Å². The lowest BCUT2D eigenvalue weighted by Gasteiger charge is -2.23. The maximum Gasteiger partial charge on any atom is 0.407 e. The number of carbonyl (C=O) groups excluding carboxylic acids is 1. The van der Waals surface area contributed by atoms with Gasteiger partial charge in [-0.15, -0.1) is 0 Å². The molecule has 0 aromatic heterocycles. The average molecular weight is 397 g/mol. The minimum Gasteiger partial charge on any atom is -0.490 e. The van der Waals surface area contributed by atoms with Crippen molar-refractivity contribution < 1.29 is 14.3 Å². The van der Waals surface area contributed by atoms with Crippen LogP contribution in [0.25, 0.3) is 0 Å². The number of nitrogens with zero attached hydrogens (tertiary/aromatic N) is 2. The van der Waals surface area contributed by atoms with E-state index in [4.69, 9.17) is 21.1 Å². The Balaban J connectivity index is 1.73. The quantitative estimate of drug-likeness (QED) is 0.454. The first-order valence-electron chi connectivity index (χ1n) is 9.11. The molecule has 7 nitrogen and oxygen atoms in total. The molecule has 0 saturated carbocycles. The molecule has 1 aliphatic rings. The van der Waals surface area contributed by atoms with Crippen LogP contribution in [0, 0.1) is 0 Å². The van der Waals surface area contributed by atoms with Gasteiger partial charge in [0.1, 0.15) is 18.0 Å². The van der Waals surface area contributed by atoms with Gasteiger partial charge in [0.05, 0.1) is 17.6 Å². The summed E-state index contributed by atoms with van der Waals surface area (Å²) in [7, 11) is 1.74. The fraction of sp³-hybridized carbons (Fsp3) is 0.579. The molecule has 1 aromatic rings. The van der Waals surface area contributed by atoms with E-state index in [1.807, 2.05) is 39.0 Å². The maximum absolute atomic E-state index is 11.9. The van der Waals surface area contributed by atoms with Gasteiger partial charge >= 0.3 is 6.09 Å².